The lowest BCUT2D eigenvalue weighted by molar-refractivity contribution is 0.587. The summed E-state index contributed by atoms with van der Waals surface area (Å²) >= 11 is 0. The first-order valence-electron chi connectivity index (χ1n) is 36.9. The summed E-state index contributed by atoms with van der Waals surface area (Å²) in [5.74, 6) is 5.19. The fraction of sp³-hybridized carbons (Fsp3) is 0.269. The molecule has 0 saturated carbocycles. The minimum Gasteiger partial charge on any atom is -0.192 e. The lowest BCUT2D eigenvalue weighted by Gasteiger charge is -2.22. The van der Waals surface area contributed by atoms with Crippen LogP contribution in [0, 0.1) is 76.9 Å². The fourth-order valence-corrected chi connectivity index (χ4v) is 10.0. The van der Waals surface area contributed by atoms with Crippen LogP contribution in [0.2, 0.25) is 0 Å². The summed E-state index contributed by atoms with van der Waals surface area (Å²) in [6.45, 7) is 39.6. The molecule has 0 radical (unpaired) electrons. The Bertz CT molecular complexity index is 4780. The van der Waals surface area contributed by atoms with E-state index in [2.05, 4.69) is 219 Å². The lowest BCUT2D eigenvalue weighted by atomic mass is 9.81. The van der Waals surface area contributed by atoms with Crippen LogP contribution in [0.15, 0.2) is 236 Å². The standard InChI is InChI=1S/C23H24.C22H22.2C13H13N.2C11H13N/c1-17-9-8-12-19(13-17)21-14-20(18-10-6-5-7-11-18)15-22(16-21)23(2,3)4;1-22(2,3)21-15-19(17-10-6-4-7-11-17)14-20(16-21)18-12-8-5-9-13-18;1-5-10-6-11(9-14)8-12(7-10)13(2,3)4;1-5-10-7-6-8-11(9-14)12(10)13(2,3)4;1-11(2,3)10-6-4-9(8-12)5-7-10;1-11(2,3)10-7-5-4-6-9(10)8-12/h5-16H,1-4H3;4-16H,1-3H3;2*1,6-8H,2-4H3;2*4-7H,1-3H3/i5D,6D,7D,8D,9D,10D,11D,12D,13D;;;;;. The van der Waals surface area contributed by atoms with E-state index in [-0.39, 0.29) is 85.4 Å². The summed E-state index contributed by atoms with van der Waals surface area (Å²) in [6, 6.07) is 65.8. The van der Waals surface area contributed by atoms with Gasteiger partial charge in [-0.25, -0.2) is 0 Å². The Balaban J connectivity index is 0.000000239. The number of hydrogen-bond donors (Lipinski definition) is 0. The Morgan fingerprint density at radius 3 is 1.13 bits per heavy atom. The van der Waals surface area contributed by atoms with Crippen molar-refractivity contribution >= 4 is 0 Å². The van der Waals surface area contributed by atoms with Gasteiger partial charge in [-0.2, -0.15) is 21.0 Å². The van der Waals surface area contributed by atoms with Gasteiger partial charge in [-0.3, -0.25) is 0 Å². The van der Waals surface area contributed by atoms with E-state index in [9.17, 15) is 0 Å². The third kappa shape index (κ3) is 23.6. The molecule has 4 nitrogen and oxygen atoms in total. The molecule has 10 rings (SSSR count). The highest BCUT2D eigenvalue weighted by atomic mass is 14.3. The zero-order valence-corrected chi connectivity index (χ0v) is 60.3. The number of nitriles is 4. The van der Waals surface area contributed by atoms with Crippen molar-refractivity contribution in [3.63, 3.8) is 0 Å². The average Bonchev–Trinajstić information content (AvgIpc) is 0.754. The van der Waals surface area contributed by atoms with Crippen LogP contribution in [0.3, 0.4) is 0 Å². The number of terminal acetylenes is 2. The minimum absolute atomic E-state index is 0.0263. The molecule has 0 aliphatic rings. The van der Waals surface area contributed by atoms with Crippen LogP contribution in [0.25, 0.3) is 44.5 Å². The monoisotopic (exact) mass is 1280 g/mol. The Hall–Kier alpha value is -10.7. The van der Waals surface area contributed by atoms with Gasteiger partial charge in [-0.1, -0.05) is 318 Å². The average molecular weight is 1280 g/mol. The Morgan fingerprint density at radius 1 is 0.299 bits per heavy atom. The predicted octanol–water partition coefficient (Wildman–Crippen LogP) is 24.3. The van der Waals surface area contributed by atoms with E-state index < -0.39 is 18.1 Å². The topological polar surface area (TPSA) is 95.2 Å². The summed E-state index contributed by atoms with van der Waals surface area (Å²) < 4.78 is 73.6. The van der Waals surface area contributed by atoms with Crippen molar-refractivity contribution in [2.45, 2.75) is 164 Å². The summed E-state index contributed by atoms with van der Waals surface area (Å²) in [4.78, 5) is 0. The summed E-state index contributed by atoms with van der Waals surface area (Å²) in [5.41, 5.74) is 17.4. The van der Waals surface area contributed by atoms with Crippen molar-refractivity contribution in [3.05, 3.63) is 309 Å². The molecule has 0 fully saturated rings. The lowest BCUT2D eigenvalue weighted by Crippen LogP contribution is -2.15. The molecule has 0 aromatic heterocycles. The molecule has 0 unspecified atom stereocenters. The molecule has 0 aliphatic carbocycles. The number of benzene rings is 10. The first-order chi connectivity index (χ1) is 49.3. The Morgan fingerprint density at radius 2 is 0.711 bits per heavy atom. The second-order valence-corrected chi connectivity index (χ2v) is 29.7. The van der Waals surface area contributed by atoms with E-state index >= 15 is 0 Å². The first kappa shape index (κ1) is 63.7. The summed E-state index contributed by atoms with van der Waals surface area (Å²) in [7, 11) is 0. The quantitative estimate of drug-likeness (QED) is 0.164. The Kier molecular flexibility index (Phi) is 22.4. The predicted molar refractivity (Wildman–Crippen MR) is 412 cm³/mol. The largest absolute Gasteiger partial charge is 0.192 e. The van der Waals surface area contributed by atoms with Crippen molar-refractivity contribution in [1.29, 1.82) is 21.0 Å². The molecule has 0 saturated heterocycles. The van der Waals surface area contributed by atoms with Gasteiger partial charge in [0.25, 0.3) is 0 Å². The van der Waals surface area contributed by atoms with Gasteiger partial charge < -0.3 is 0 Å². The fourth-order valence-electron chi connectivity index (χ4n) is 10.0. The highest BCUT2D eigenvalue weighted by Gasteiger charge is 2.23. The molecule has 490 valence electrons. The maximum absolute atomic E-state index is 8.98. The van der Waals surface area contributed by atoms with Crippen LogP contribution < -0.4 is 0 Å². The van der Waals surface area contributed by atoms with Crippen molar-refractivity contribution in [1.82, 2.24) is 0 Å². The van der Waals surface area contributed by atoms with Crippen LogP contribution in [-0.2, 0) is 32.5 Å². The van der Waals surface area contributed by atoms with Crippen molar-refractivity contribution in [2.24, 2.45) is 0 Å². The molecule has 97 heavy (non-hydrogen) atoms. The van der Waals surface area contributed by atoms with Crippen LogP contribution in [0.1, 0.15) is 209 Å². The highest BCUT2D eigenvalue weighted by molar-refractivity contribution is 5.76. The molecule has 0 spiro atoms. The number of rotatable bonds is 4. The summed E-state index contributed by atoms with van der Waals surface area (Å²) in [6.07, 6.45) is 10.7. The third-order valence-corrected chi connectivity index (χ3v) is 15.6. The highest BCUT2D eigenvalue weighted by Crippen LogP contribution is 2.36. The molecule has 4 heteroatoms. The van der Waals surface area contributed by atoms with Crippen molar-refractivity contribution < 1.29 is 12.3 Å². The molecule has 0 amide bonds. The van der Waals surface area contributed by atoms with Crippen LogP contribution in [-0.4, -0.2) is 0 Å². The zero-order valence-electron chi connectivity index (χ0n) is 69.3. The molecule has 0 atom stereocenters. The molecule has 0 bridgehead atoms. The summed E-state index contributed by atoms with van der Waals surface area (Å²) in [5, 5.41) is 35.2. The van der Waals surface area contributed by atoms with E-state index in [0.717, 1.165) is 44.5 Å². The van der Waals surface area contributed by atoms with Gasteiger partial charge in [-0.05, 0) is 178 Å². The van der Waals surface area contributed by atoms with Gasteiger partial charge in [0.05, 0.1) is 58.9 Å². The van der Waals surface area contributed by atoms with E-state index in [4.69, 9.17) is 46.2 Å². The minimum atomic E-state index is -0.474. The van der Waals surface area contributed by atoms with E-state index in [0.29, 0.717) is 22.3 Å². The van der Waals surface area contributed by atoms with Gasteiger partial charge in [0.2, 0.25) is 0 Å². The van der Waals surface area contributed by atoms with E-state index in [1.807, 2.05) is 93.6 Å². The zero-order chi connectivity index (χ0) is 79.8. The SMILES string of the molecule is C#Cc1cc(C#N)cc(C(C)(C)C)c1.C#Cc1cccc(C#N)c1C(C)(C)C.CC(C)(C)c1cc(-c2ccccc2)cc(-c2ccccc2)c1.CC(C)(C)c1ccc(C#N)cc1.CC(C)(C)c1ccccc1C#N.[2H]c1c([2H])c([2H])c(-c2cc(-c3c([2H])c([2H])c([2H])c(C)c3[2H])cc(C(C)(C)C)c2)c([2H])c1[2H]. The maximum atomic E-state index is 8.98. The molecular weight excluding hydrogens is 1170 g/mol. The van der Waals surface area contributed by atoms with Gasteiger partial charge in [-0.15, -0.1) is 12.8 Å². The maximum Gasteiger partial charge on any atom is 0.0995 e. The van der Waals surface area contributed by atoms with Gasteiger partial charge >= 0.3 is 0 Å². The second kappa shape index (κ2) is 34.1. The third-order valence-electron chi connectivity index (χ3n) is 15.6. The van der Waals surface area contributed by atoms with E-state index in [1.165, 1.54) is 33.4 Å². The molecule has 0 heterocycles. The normalized spacial score (nSPS) is 12.3. The number of nitrogens with zero attached hydrogens (tertiary/aromatic N) is 4. The molecular formula is C93H98N4. The van der Waals surface area contributed by atoms with Crippen molar-refractivity contribution in [2.75, 3.05) is 0 Å². The first-order valence-corrected chi connectivity index (χ1v) is 32.4. The second-order valence-electron chi connectivity index (χ2n) is 29.7. The van der Waals surface area contributed by atoms with E-state index in [1.54, 1.807) is 37.3 Å². The number of hydrogen-bond acceptors (Lipinski definition) is 4. The van der Waals surface area contributed by atoms with Gasteiger partial charge in [0.15, 0.2) is 0 Å². The smallest absolute Gasteiger partial charge is 0.0995 e. The Labute approximate surface area is 596 Å². The van der Waals surface area contributed by atoms with Crippen molar-refractivity contribution in [3.8, 4) is 93.5 Å². The van der Waals surface area contributed by atoms with Gasteiger partial charge in [0.1, 0.15) is 0 Å². The van der Waals surface area contributed by atoms with Crippen LogP contribution >= 0.6 is 0 Å². The van der Waals surface area contributed by atoms with Gasteiger partial charge in [0, 0.05) is 11.1 Å². The van der Waals surface area contributed by atoms with Crippen LogP contribution in [0.5, 0.6) is 0 Å². The van der Waals surface area contributed by atoms with Crippen LogP contribution in [0.4, 0.5) is 0 Å². The molecule has 0 aliphatic heterocycles. The molecule has 10 aromatic carbocycles. The molecule has 10 aromatic rings. The molecule has 0 N–H and O–H groups in total.